The minimum atomic E-state index is 0. The number of carbonyl (C=O) groups is 1. The number of rotatable bonds is 5. The fraction of sp³-hybridized carbons (Fsp3) is 0.923. The summed E-state index contributed by atoms with van der Waals surface area (Å²) in [5.74, 6) is 1.17. The smallest absolute Gasteiger partial charge is 0.224 e. The molecule has 102 valence electrons. The lowest BCUT2D eigenvalue weighted by atomic mass is 9.84. The lowest BCUT2D eigenvalue weighted by Gasteiger charge is -2.29. The number of hydrogen-bond acceptors (Lipinski definition) is 2. The summed E-state index contributed by atoms with van der Waals surface area (Å²) < 4.78 is 0. The van der Waals surface area contributed by atoms with E-state index >= 15 is 0 Å². The Morgan fingerprint density at radius 1 is 1.29 bits per heavy atom. The molecule has 17 heavy (non-hydrogen) atoms. The third-order valence-corrected chi connectivity index (χ3v) is 3.73. The molecule has 0 spiro atoms. The fourth-order valence-corrected chi connectivity index (χ4v) is 2.46. The Labute approximate surface area is 112 Å². The van der Waals surface area contributed by atoms with Crippen LogP contribution in [-0.4, -0.2) is 25.5 Å². The van der Waals surface area contributed by atoms with E-state index in [0.717, 1.165) is 25.3 Å². The third-order valence-electron chi connectivity index (χ3n) is 3.73. The van der Waals surface area contributed by atoms with Gasteiger partial charge >= 0.3 is 0 Å². The van der Waals surface area contributed by atoms with Crippen LogP contribution in [0.15, 0.2) is 0 Å². The summed E-state index contributed by atoms with van der Waals surface area (Å²) in [5, 5.41) is 6.21. The van der Waals surface area contributed by atoms with Crippen LogP contribution in [-0.2, 0) is 4.79 Å². The van der Waals surface area contributed by atoms with Gasteiger partial charge in [0.05, 0.1) is 0 Å². The molecule has 0 aromatic heterocycles. The van der Waals surface area contributed by atoms with Gasteiger partial charge in [-0.15, -0.1) is 12.4 Å². The maximum atomic E-state index is 11.8. The lowest BCUT2D eigenvalue weighted by molar-refractivity contribution is -0.125. The van der Waals surface area contributed by atoms with E-state index in [0.29, 0.717) is 6.04 Å². The summed E-state index contributed by atoms with van der Waals surface area (Å²) in [6, 6.07) is 0.426. The van der Waals surface area contributed by atoms with Crippen LogP contribution in [0.2, 0.25) is 0 Å². The molecule has 0 aliphatic heterocycles. The van der Waals surface area contributed by atoms with Crippen molar-refractivity contribution in [2.45, 2.75) is 52.0 Å². The van der Waals surface area contributed by atoms with Gasteiger partial charge in [0.2, 0.25) is 5.91 Å². The van der Waals surface area contributed by atoms with Crippen molar-refractivity contribution in [3.05, 3.63) is 0 Å². The average Bonchev–Trinajstić information content (AvgIpc) is 2.30. The summed E-state index contributed by atoms with van der Waals surface area (Å²) >= 11 is 0. The number of amides is 1. The van der Waals surface area contributed by atoms with E-state index in [2.05, 4.69) is 17.6 Å². The van der Waals surface area contributed by atoms with Gasteiger partial charge in [-0.05, 0) is 38.6 Å². The first-order valence-corrected chi connectivity index (χ1v) is 6.62. The third kappa shape index (κ3) is 5.73. The molecule has 0 bridgehead atoms. The van der Waals surface area contributed by atoms with Crippen LogP contribution in [0.3, 0.4) is 0 Å². The number of hydrogen-bond donors (Lipinski definition) is 2. The second kappa shape index (κ2) is 8.76. The highest BCUT2D eigenvalue weighted by Crippen LogP contribution is 2.26. The molecule has 4 heteroatoms. The summed E-state index contributed by atoms with van der Waals surface area (Å²) in [4.78, 5) is 11.8. The van der Waals surface area contributed by atoms with Crippen LogP contribution in [0.25, 0.3) is 0 Å². The van der Waals surface area contributed by atoms with Crippen molar-refractivity contribution in [2.75, 3.05) is 13.6 Å². The van der Waals surface area contributed by atoms with Crippen LogP contribution in [0, 0.1) is 11.8 Å². The molecule has 2 N–H and O–H groups in total. The van der Waals surface area contributed by atoms with Gasteiger partial charge in [0.1, 0.15) is 0 Å². The van der Waals surface area contributed by atoms with E-state index in [4.69, 9.17) is 0 Å². The van der Waals surface area contributed by atoms with Gasteiger partial charge in [-0.25, -0.2) is 0 Å². The van der Waals surface area contributed by atoms with Gasteiger partial charge in [-0.2, -0.15) is 0 Å². The van der Waals surface area contributed by atoms with Crippen LogP contribution in [0.1, 0.15) is 46.0 Å². The van der Waals surface area contributed by atoms with E-state index < -0.39 is 0 Å². The predicted octanol–water partition coefficient (Wildman–Crippen LogP) is 2.35. The van der Waals surface area contributed by atoms with E-state index in [1.165, 1.54) is 19.3 Å². The first kappa shape index (κ1) is 16.7. The first-order chi connectivity index (χ1) is 7.67. The molecule has 0 aromatic rings. The topological polar surface area (TPSA) is 41.1 Å². The van der Waals surface area contributed by atoms with Gasteiger partial charge in [0.25, 0.3) is 0 Å². The Morgan fingerprint density at radius 3 is 2.35 bits per heavy atom. The molecule has 0 heterocycles. The highest BCUT2D eigenvalue weighted by Gasteiger charge is 2.22. The second-order valence-corrected chi connectivity index (χ2v) is 5.09. The van der Waals surface area contributed by atoms with Gasteiger partial charge in [-0.3, -0.25) is 4.79 Å². The standard InChI is InChI=1S/C13H26N2O.ClH/c1-4-11-5-7-12(8-6-11)15-13(16)10(2)9-14-3;/h10-12,14H,4-9H2,1-3H3,(H,15,16);1H. The Morgan fingerprint density at radius 2 is 1.88 bits per heavy atom. The largest absolute Gasteiger partial charge is 0.353 e. The Balaban J connectivity index is 0.00000256. The molecular weight excluding hydrogens is 236 g/mol. The van der Waals surface area contributed by atoms with Crippen molar-refractivity contribution in [3.63, 3.8) is 0 Å². The van der Waals surface area contributed by atoms with Crippen molar-refractivity contribution in [1.29, 1.82) is 0 Å². The minimum Gasteiger partial charge on any atom is -0.353 e. The average molecular weight is 263 g/mol. The first-order valence-electron chi connectivity index (χ1n) is 6.62. The zero-order chi connectivity index (χ0) is 12.0. The second-order valence-electron chi connectivity index (χ2n) is 5.09. The lowest BCUT2D eigenvalue weighted by Crippen LogP contribution is -2.42. The number of nitrogens with one attached hydrogen (secondary N) is 2. The zero-order valence-electron chi connectivity index (χ0n) is 11.3. The van der Waals surface area contributed by atoms with Crippen LogP contribution < -0.4 is 10.6 Å². The molecule has 0 radical (unpaired) electrons. The molecule has 0 aromatic carbocycles. The van der Waals surface area contributed by atoms with E-state index in [1.54, 1.807) is 0 Å². The molecule has 0 saturated heterocycles. The van der Waals surface area contributed by atoms with E-state index in [-0.39, 0.29) is 24.2 Å². The normalized spacial score (nSPS) is 25.8. The van der Waals surface area contributed by atoms with Crippen molar-refractivity contribution < 1.29 is 4.79 Å². The molecule has 1 rings (SSSR count). The van der Waals surface area contributed by atoms with Crippen LogP contribution in [0.4, 0.5) is 0 Å². The Kier molecular flexibility index (Phi) is 8.61. The number of halogens is 1. The van der Waals surface area contributed by atoms with Crippen molar-refractivity contribution >= 4 is 18.3 Å². The van der Waals surface area contributed by atoms with Crippen molar-refractivity contribution in [1.82, 2.24) is 10.6 Å². The molecule has 1 saturated carbocycles. The van der Waals surface area contributed by atoms with E-state index in [9.17, 15) is 4.79 Å². The SMILES string of the molecule is CCC1CCC(NC(=O)C(C)CNC)CC1.Cl. The van der Waals surface area contributed by atoms with E-state index in [1.807, 2.05) is 14.0 Å². The maximum Gasteiger partial charge on any atom is 0.224 e. The summed E-state index contributed by atoms with van der Waals surface area (Å²) in [6.45, 7) is 5.00. The predicted molar refractivity (Wildman–Crippen MR) is 74.5 cm³/mol. The quantitative estimate of drug-likeness (QED) is 0.799. The molecular formula is C13H27ClN2O. The number of carbonyl (C=O) groups excluding carboxylic acids is 1. The molecule has 1 atom stereocenters. The molecule has 1 aliphatic carbocycles. The van der Waals surface area contributed by atoms with Crippen LogP contribution in [0.5, 0.6) is 0 Å². The maximum absolute atomic E-state index is 11.8. The molecule has 1 unspecified atom stereocenters. The van der Waals surface area contributed by atoms with Gasteiger partial charge in [0.15, 0.2) is 0 Å². The molecule has 1 aliphatic rings. The molecule has 3 nitrogen and oxygen atoms in total. The van der Waals surface area contributed by atoms with Crippen molar-refractivity contribution in [3.8, 4) is 0 Å². The zero-order valence-corrected chi connectivity index (χ0v) is 12.1. The summed E-state index contributed by atoms with van der Waals surface area (Å²) in [7, 11) is 1.89. The highest BCUT2D eigenvalue weighted by molar-refractivity contribution is 5.85. The summed E-state index contributed by atoms with van der Waals surface area (Å²) in [5.41, 5.74) is 0. The summed E-state index contributed by atoms with van der Waals surface area (Å²) in [6.07, 6.45) is 6.17. The minimum absolute atomic E-state index is 0. The van der Waals surface area contributed by atoms with Gasteiger partial charge < -0.3 is 10.6 Å². The Bertz CT molecular complexity index is 215. The van der Waals surface area contributed by atoms with Crippen LogP contribution >= 0.6 is 12.4 Å². The Hall–Kier alpha value is -0.280. The molecule has 1 fully saturated rings. The van der Waals surface area contributed by atoms with Crippen molar-refractivity contribution in [2.24, 2.45) is 11.8 Å². The van der Waals surface area contributed by atoms with Gasteiger partial charge in [0, 0.05) is 18.5 Å². The molecule has 1 amide bonds. The van der Waals surface area contributed by atoms with Gasteiger partial charge in [-0.1, -0.05) is 20.3 Å². The monoisotopic (exact) mass is 262 g/mol. The fourth-order valence-electron chi connectivity index (χ4n) is 2.46. The highest BCUT2D eigenvalue weighted by atomic mass is 35.5.